The number of aliphatic hydroxyl groups excluding tert-OH is 1. The number of amides is 1. The average molecular weight is 199 g/mol. The topological polar surface area (TPSA) is 57.6 Å². The summed E-state index contributed by atoms with van der Waals surface area (Å²) < 4.78 is 0. The molecule has 0 atom stereocenters. The summed E-state index contributed by atoms with van der Waals surface area (Å²) in [7, 11) is 0. The van der Waals surface area contributed by atoms with Crippen LogP contribution in [0.4, 0.5) is 0 Å². The predicted molar refractivity (Wildman–Crippen MR) is 53.8 cm³/mol. The number of hydrogen-bond donors (Lipinski definition) is 1. The first-order chi connectivity index (χ1) is 6.61. The van der Waals surface area contributed by atoms with E-state index in [0.29, 0.717) is 13.1 Å². The Morgan fingerprint density at radius 2 is 2.07 bits per heavy atom. The molecule has 0 aliphatic heterocycles. The van der Waals surface area contributed by atoms with E-state index in [1.165, 1.54) is 11.8 Å². The van der Waals surface area contributed by atoms with E-state index < -0.39 is 0 Å². The Kier molecular flexibility index (Phi) is 6.66. The van der Waals surface area contributed by atoms with Gasteiger partial charge in [0.2, 0.25) is 5.91 Å². The summed E-state index contributed by atoms with van der Waals surface area (Å²) in [5.41, 5.74) is 0. The van der Waals surface area contributed by atoms with Crippen LogP contribution in [0.2, 0.25) is 0 Å². The molecular formula is C10H17NO3. The van der Waals surface area contributed by atoms with Crippen LogP contribution in [0.15, 0.2) is 12.7 Å². The van der Waals surface area contributed by atoms with E-state index in [9.17, 15) is 9.59 Å². The minimum atomic E-state index is -0.117. The van der Waals surface area contributed by atoms with E-state index in [0.717, 1.165) is 0 Å². The van der Waals surface area contributed by atoms with Crippen LogP contribution in [0.3, 0.4) is 0 Å². The highest BCUT2D eigenvalue weighted by molar-refractivity contribution is 5.83. The zero-order chi connectivity index (χ0) is 11.0. The van der Waals surface area contributed by atoms with Crippen molar-refractivity contribution in [1.82, 2.24) is 4.90 Å². The second-order valence-electron chi connectivity index (χ2n) is 3.05. The Hall–Kier alpha value is -1.16. The van der Waals surface area contributed by atoms with Gasteiger partial charge in [-0.05, 0) is 6.92 Å². The molecule has 0 aromatic heterocycles. The van der Waals surface area contributed by atoms with Gasteiger partial charge in [0.1, 0.15) is 5.78 Å². The molecule has 14 heavy (non-hydrogen) atoms. The number of carbonyl (C=O) groups is 2. The van der Waals surface area contributed by atoms with Gasteiger partial charge in [0.25, 0.3) is 0 Å². The van der Waals surface area contributed by atoms with Crippen molar-refractivity contribution in [3.63, 3.8) is 0 Å². The van der Waals surface area contributed by atoms with Gasteiger partial charge in [-0.1, -0.05) is 6.08 Å². The second-order valence-corrected chi connectivity index (χ2v) is 3.05. The lowest BCUT2D eigenvalue weighted by molar-refractivity contribution is -0.132. The van der Waals surface area contributed by atoms with Crippen LogP contribution < -0.4 is 0 Å². The minimum Gasteiger partial charge on any atom is -0.395 e. The van der Waals surface area contributed by atoms with Crippen LogP contribution >= 0.6 is 0 Å². The zero-order valence-corrected chi connectivity index (χ0v) is 8.53. The first-order valence-corrected chi connectivity index (χ1v) is 4.60. The maximum absolute atomic E-state index is 11.4. The maximum atomic E-state index is 11.4. The standard InChI is InChI=1S/C10H17NO3/c1-3-6-11(7-8-12)10(14)5-4-9(2)13/h3,12H,1,4-8H2,2H3. The lowest BCUT2D eigenvalue weighted by atomic mass is 10.2. The number of hydrogen-bond acceptors (Lipinski definition) is 3. The molecule has 0 fully saturated rings. The summed E-state index contributed by atoms with van der Waals surface area (Å²) in [5, 5.41) is 8.69. The molecule has 0 aliphatic rings. The van der Waals surface area contributed by atoms with Crippen LogP contribution in [0.1, 0.15) is 19.8 Å². The molecular weight excluding hydrogens is 182 g/mol. The first kappa shape index (κ1) is 12.8. The molecule has 1 amide bonds. The molecule has 0 heterocycles. The number of ketones is 1. The molecule has 4 heteroatoms. The van der Waals surface area contributed by atoms with E-state index in [-0.39, 0.29) is 31.1 Å². The fourth-order valence-corrected chi connectivity index (χ4v) is 1.04. The molecule has 0 saturated heterocycles. The third kappa shape index (κ3) is 5.48. The largest absolute Gasteiger partial charge is 0.395 e. The molecule has 0 aromatic rings. The van der Waals surface area contributed by atoms with Crippen molar-refractivity contribution < 1.29 is 14.7 Å². The SMILES string of the molecule is C=CCN(CCO)C(=O)CCC(C)=O. The molecule has 80 valence electrons. The van der Waals surface area contributed by atoms with Gasteiger partial charge >= 0.3 is 0 Å². The van der Waals surface area contributed by atoms with Gasteiger partial charge in [0, 0.05) is 25.9 Å². The summed E-state index contributed by atoms with van der Waals surface area (Å²) in [6, 6.07) is 0. The lowest BCUT2D eigenvalue weighted by Crippen LogP contribution is -2.33. The first-order valence-electron chi connectivity index (χ1n) is 4.60. The summed E-state index contributed by atoms with van der Waals surface area (Å²) in [4.78, 5) is 23.6. The minimum absolute atomic E-state index is 0.000835. The van der Waals surface area contributed by atoms with Gasteiger partial charge < -0.3 is 14.8 Å². The summed E-state index contributed by atoms with van der Waals surface area (Å²) >= 11 is 0. The monoisotopic (exact) mass is 199 g/mol. The van der Waals surface area contributed by atoms with Crippen LogP contribution in [-0.2, 0) is 9.59 Å². The maximum Gasteiger partial charge on any atom is 0.223 e. The number of carbonyl (C=O) groups excluding carboxylic acids is 2. The van der Waals surface area contributed by atoms with Crippen molar-refractivity contribution >= 4 is 11.7 Å². The smallest absolute Gasteiger partial charge is 0.223 e. The number of Topliss-reactive ketones (excluding diaryl/α,β-unsaturated/α-hetero) is 1. The summed E-state index contributed by atoms with van der Waals surface area (Å²) in [6.07, 6.45) is 2.07. The Balaban J connectivity index is 4.00. The molecule has 0 unspecified atom stereocenters. The normalized spacial score (nSPS) is 9.57. The van der Waals surface area contributed by atoms with E-state index >= 15 is 0 Å². The van der Waals surface area contributed by atoms with Crippen LogP contribution in [0, 0.1) is 0 Å². The summed E-state index contributed by atoms with van der Waals surface area (Å²) in [6.45, 7) is 5.61. The zero-order valence-electron chi connectivity index (χ0n) is 8.53. The van der Waals surface area contributed by atoms with E-state index in [1.54, 1.807) is 6.08 Å². The van der Waals surface area contributed by atoms with Crippen molar-refractivity contribution in [2.24, 2.45) is 0 Å². The molecule has 0 aliphatic carbocycles. The molecule has 0 spiro atoms. The molecule has 0 saturated carbocycles. The Morgan fingerprint density at radius 1 is 1.43 bits per heavy atom. The lowest BCUT2D eigenvalue weighted by Gasteiger charge is -2.19. The molecule has 1 N–H and O–H groups in total. The fourth-order valence-electron chi connectivity index (χ4n) is 1.04. The van der Waals surface area contributed by atoms with Gasteiger partial charge in [0.15, 0.2) is 0 Å². The molecule has 0 radical (unpaired) electrons. The second kappa shape index (κ2) is 7.26. The highest BCUT2D eigenvalue weighted by Gasteiger charge is 2.11. The van der Waals surface area contributed by atoms with Gasteiger partial charge in [-0.15, -0.1) is 6.58 Å². The van der Waals surface area contributed by atoms with E-state index in [2.05, 4.69) is 6.58 Å². The highest BCUT2D eigenvalue weighted by Crippen LogP contribution is 1.98. The number of aliphatic hydroxyl groups is 1. The van der Waals surface area contributed by atoms with Gasteiger partial charge in [-0.2, -0.15) is 0 Å². The third-order valence-electron chi connectivity index (χ3n) is 1.76. The van der Waals surface area contributed by atoms with Gasteiger partial charge in [0.05, 0.1) is 6.61 Å². The molecule has 0 aromatic carbocycles. The number of rotatable bonds is 7. The predicted octanol–water partition coefficient (Wildman–Crippen LogP) is 0.362. The van der Waals surface area contributed by atoms with Crippen molar-refractivity contribution in [3.05, 3.63) is 12.7 Å². The summed E-state index contributed by atoms with van der Waals surface area (Å²) in [5.74, 6) is -0.116. The van der Waals surface area contributed by atoms with Crippen LogP contribution in [-0.4, -0.2) is 41.4 Å². The van der Waals surface area contributed by atoms with Crippen LogP contribution in [0.5, 0.6) is 0 Å². The van der Waals surface area contributed by atoms with Crippen LogP contribution in [0.25, 0.3) is 0 Å². The quantitative estimate of drug-likeness (QED) is 0.602. The van der Waals surface area contributed by atoms with Gasteiger partial charge in [-0.3, -0.25) is 4.79 Å². The van der Waals surface area contributed by atoms with Gasteiger partial charge in [-0.25, -0.2) is 0 Å². The van der Waals surface area contributed by atoms with Crippen molar-refractivity contribution in [2.75, 3.05) is 19.7 Å². The van der Waals surface area contributed by atoms with E-state index in [1.807, 2.05) is 0 Å². The average Bonchev–Trinajstić information content (AvgIpc) is 2.14. The Morgan fingerprint density at radius 3 is 2.50 bits per heavy atom. The van der Waals surface area contributed by atoms with Crippen molar-refractivity contribution in [3.8, 4) is 0 Å². The third-order valence-corrected chi connectivity index (χ3v) is 1.76. The molecule has 0 rings (SSSR count). The van der Waals surface area contributed by atoms with E-state index in [4.69, 9.17) is 5.11 Å². The van der Waals surface area contributed by atoms with Crippen molar-refractivity contribution in [1.29, 1.82) is 0 Å². The molecule has 0 bridgehead atoms. The number of nitrogens with zero attached hydrogens (tertiary/aromatic N) is 1. The highest BCUT2D eigenvalue weighted by atomic mass is 16.3. The molecule has 4 nitrogen and oxygen atoms in total. The Bertz CT molecular complexity index is 213. The fraction of sp³-hybridized carbons (Fsp3) is 0.600. The Labute approximate surface area is 84.2 Å². The van der Waals surface area contributed by atoms with Crippen molar-refractivity contribution in [2.45, 2.75) is 19.8 Å².